The summed E-state index contributed by atoms with van der Waals surface area (Å²) in [6.45, 7) is 3.34. The summed E-state index contributed by atoms with van der Waals surface area (Å²) in [5.74, 6) is 0. The molecule has 2 heteroatoms. The Bertz CT molecular complexity index is 520. The second-order valence-electron chi connectivity index (χ2n) is 4.70. The van der Waals surface area contributed by atoms with Gasteiger partial charge in [-0.05, 0) is 36.8 Å². The number of halogens is 1. The van der Waals surface area contributed by atoms with Crippen molar-refractivity contribution in [2.75, 3.05) is 11.4 Å². The van der Waals surface area contributed by atoms with Crippen LogP contribution in [0.1, 0.15) is 12.5 Å². The van der Waals surface area contributed by atoms with Crippen molar-refractivity contribution in [1.82, 2.24) is 0 Å². The molecule has 1 saturated heterocycles. The van der Waals surface area contributed by atoms with Gasteiger partial charge in [-0.1, -0.05) is 41.9 Å². The van der Waals surface area contributed by atoms with Crippen LogP contribution in [0.2, 0.25) is 5.02 Å². The lowest BCUT2D eigenvalue weighted by Crippen LogP contribution is -2.10. The van der Waals surface area contributed by atoms with Gasteiger partial charge < -0.3 is 4.90 Å². The maximum atomic E-state index is 5.91. The normalized spacial score (nSPS) is 22.6. The highest BCUT2D eigenvalue weighted by Gasteiger charge is 2.48. The van der Waals surface area contributed by atoms with Gasteiger partial charge in [0.05, 0.1) is 5.54 Å². The third kappa shape index (κ3) is 1.81. The predicted molar refractivity (Wildman–Crippen MR) is 72.6 cm³/mol. The minimum Gasteiger partial charge on any atom is -0.358 e. The van der Waals surface area contributed by atoms with E-state index in [1.807, 2.05) is 12.1 Å². The highest BCUT2D eigenvalue weighted by atomic mass is 35.5. The van der Waals surface area contributed by atoms with Gasteiger partial charge in [-0.2, -0.15) is 0 Å². The van der Waals surface area contributed by atoms with Crippen molar-refractivity contribution in [2.24, 2.45) is 0 Å². The van der Waals surface area contributed by atoms with Crippen molar-refractivity contribution in [1.29, 1.82) is 0 Å². The first-order chi connectivity index (χ1) is 8.20. The van der Waals surface area contributed by atoms with Crippen LogP contribution >= 0.6 is 11.6 Å². The molecule has 0 spiro atoms. The van der Waals surface area contributed by atoms with Crippen molar-refractivity contribution in [3.05, 3.63) is 65.2 Å². The molecular formula is C15H14ClN. The maximum absolute atomic E-state index is 5.91. The van der Waals surface area contributed by atoms with E-state index in [2.05, 4.69) is 54.3 Å². The van der Waals surface area contributed by atoms with Crippen molar-refractivity contribution in [2.45, 2.75) is 12.5 Å². The molecule has 1 atom stereocenters. The highest BCUT2D eigenvalue weighted by molar-refractivity contribution is 6.30. The van der Waals surface area contributed by atoms with E-state index in [4.69, 9.17) is 11.6 Å². The molecule has 0 N–H and O–H groups in total. The minimum atomic E-state index is 0.148. The predicted octanol–water partition coefficient (Wildman–Crippen LogP) is 4.08. The molecule has 1 nitrogen and oxygen atoms in total. The van der Waals surface area contributed by atoms with Gasteiger partial charge in [-0.3, -0.25) is 0 Å². The number of rotatable bonds is 2. The SMILES string of the molecule is CC1(c2ccccc2)CN1c1ccc(Cl)cc1. The number of hydrogen-bond acceptors (Lipinski definition) is 1. The van der Waals surface area contributed by atoms with E-state index in [0.717, 1.165) is 11.6 Å². The number of anilines is 1. The Morgan fingerprint density at radius 1 is 1.00 bits per heavy atom. The molecule has 1 aliphatic rings. The van der Waals surface area contributed by atoms with Gasteiger partial charge in [0, 0.05) is 17.3 Å². The zero-order chi connectivity index (χ0) is 11.9. The van der Waals surface area contributed by atoms with Crippen LogP contribution in [-0.4, -0.2) is 6.54 Å². The fraction of sp³-hybridized carbons (Fsp3) is 0.200. The molecule has 86 valence electrons. The lowest BCUT2D eigenvalue weighted by atomic mass is 10.0. The van der Waals surface area contributed by atoms with Gasteiger partial charge in [-0.25, -0.2) is 0 Å². The van der Waals surface area contributed by atoms with E-state index in [-0.39, 0.29) is 5.54 Å². The molecule has 0 saturated carbocycles. The Hall–Kier alpha value is -1.47. The standard InChI is InChI=1S/C15H14ClN/c1-15(12-5-3-2-4-6-12)11-17(15)14-9-7-13(16)8-10-14/h2-10H,11H2,1H3. The van der Waals surface area contributed by atoms with Crippen LogP contribution < -0.4 is 4.90 Å². The van der Waals surface area contributed by atoms with Gasteiger partial charge in [0.2, 0.25) is 0 Å². The van der Waals surface area contributed by atoms with Crippen LogP contribution in [0.25, 0.3) is 0 Å². The summed E-state index contributed by atoms with van der Waals surface area (Å²) in [5, 5.41) is 0.789. The van der Waals surface area contributed by atoms with Gasteiger partial charge in [0.25, 0.3) is 0 Å². The summed E-state index contributed by atoms with van der Waals surface area (Å²) < 4.78 is 0. The first kappa shape index (κ1) is 10.7. The molecule has 0 aliphatic carbocycles. The molecule has 3 rings (SSSR count). The number of benzene rings is 2. The van der Waals surface area contributed by atoms with Gasteiger partial charge >= 0.3 is 0 Å². The van der Waals surface area contributed by atoms with Gasteiger partial charge in [0.1, 0.15) is 0 Å². The molecule has 0 aromatic heterocycles. The fourth-order valence-electron chi connectivity index (χ4n) is 2.31. The zero-order valence-electron chi connectivity index (χ0n) is 9.73. The zero-order valence-corrected chi connectivity index (χ0v) is 10.5. The summed E-state index contributed by atoms with van der Waals surface area (Å²) in [4.78, 5) is 2.39. The Balaban J connectivity index is 1.88. The molecule has 0 amide bonds. The Kier molecular flexibility index (Phi) is 2.37. The summed E-state index contributed by atoms with van der Waals surface area (Å²) in [7, 11) is 0. The highest BCUT2D eigenvalue weighted by Crippen LogP contribution is 2.45. The molecule has 2 aromatic rings. The first-order valence-electron chi connectivity index (χ1n) is 5.79. The second kappa shape index (κ2) is 3.78. The quantitative estimate of drug-likeness (QED) is 0.719. The van der Waals surface area contributed by atoms with Crippen molar-refractivity contribution < 1.29 is 0 Å². The molecule has 0 radical (unpaired) electrons. The number of nitrogens with zero attached hydrogens (tertiary/aromatic N) is 1. The monoisotopic (exact) mass is 243 g/mol. The first-order valence-corrected chi connectivity index (χ1v) is 6.17. The largest absolute Gasteiger partial charge is 0.358 e. The molecule has 17 heavy (non-hydrogen) atoms. The molecule has 1 aliphatic heterocycles. The average molecular weight is 244 g/mol. The Morgan fingerprint density at radius 2 is 1.65 bits per heavy atom. The lowest BCUT2D eigenvalue weighted by Gasteiger charge is -2.14. The summed E-state index contributed by atoms with van der Waals surface area (Å²) in [6, 6.07) is 18.7. The van der Waals surface area contributed by atoms with Gasteiger partial charge in [0.15, 0.2) is 0 Å². The molecule has 0 bridgehead atoms. The number of hydrogen-bond donors (Lipinski definition) is 0. The average Bonchev–Trinajstić information content (AvgIpc) is 3.05. The van der Waals surface area contributed by atoms with E-state index < -0.39 is 0 Å². The molecule has 1 unspecified atom stereocenters. The van der Waals surface area contributed by atoms with Crippen LogP contribution in [0, 0.1) is 0 Å². The van der Waals surface area contributed by atoms with E-state index in [1.165, 1.54) is 11.3 Å². The summed E-state index contributed by atoms with van der Waals surface area (Å²) in [6.07, 6.45) is 0. The Morgan fingerprint density at radius 3 is 2.29 bits per heavy atom. The van der Waals surface area contributed by atoms with Crippen LogP contribution in [0.5, 0.6) is 0 Å². The van der Waals surface area contributed by atoms with E-state index in [9.17, 15) is 0 Å². The summed E-state index contributed by atoms with van der Waals surface area (Å²) >= 11 is 5.91. The van der Waals surface area contributed by atoms with E-state index in [0.29, 0.717) is 0 Å². The maximum Gasteiger partial charge on any atom is 0.0801 e. The van der Waals surface area contributed by atoms with Crippen LogP contribution in [0.15, 0.2) is 54.6 Å². The molecule has 1 fully saturated rings. The lowest BCUT2D eigenvalue weighted by molar-refractivity contribution is 0.797. The summed E-state index contributed by atoms with van der Waals surface area (Å²) in [5.41, 5.74) is 2.76. The molecule has 1 heterocycles. The topological polar surface area (TPSA) is 3.01 Å². The third-order valence-corrected chi connectivity index (χ3v) is 3.74. The smallest absolute Gasteiger partial charge is 0.0801 e. The van der Waals surface area contributed by atoms with Crippen molar-refractivity contribution in [3.8, 4) is 0 Å². The van der Waals surface area contributed by atoms with Crippen LogP contribution in [-0.2, 0) is 5.54 Å². The Labute approximate surface area is 107 Å². The molecule has 2 aromatic carbocycles. The van der Waals surface area contributed by atoms with E-state index >= 15 is 0 Å². The minimum absolute atomic E-state index is 0.148. The molecular weight excluding hydrogens is 230 g/mol. The van der Waals surface area contributed by atoms with Crippen LogP contribution in [0.4, 0.5) is 5.69 Å². The van der Waals surface area contributed by atoms with Crippen molar-refractivity contribution in [3.63, 3.8) is 0 Å². The fourth-order valence-corrected chi connectivity index (χ4v) is 2.44. The van der Waals surface area contributed by atoms with Crippen LogP contribution in [0.3, 0.4) is 0 Å². The third-order valence-electron chi connectivity index (χ3n) is 3.49. The van der Waals surface area contributed by atoms with E-state index in [1.54, 1.807) is 0 Å². The van der Waals surface area contributed by atoms with Gasteiger partial charge in [-0.15, -0.1) is 0 Å². The second-order valence-corrected chi connectivity index (χ2v) is 5.14. The van der Waals surface area contributed by atoms with Crippen molar-refractivity contribution >= 4 is 17.3 Å².